The highest BCUT2D eigenvalue weighted by Crippen LogP contribution is 2.33. The average molecular weight is 348 g/mol. The van der Waals surface area contributed by atoms with E-state index < -0.39 is 0 Å². The van der Waals surface area contributed by atoms with Crippen molar-refractivity contribution in [2.24, 2.45) is 5.92 Å². The van der Waals surface area contributed by atoms with Crippen LogP contribution in [0, 0.1) is 5.92 Å². The number of amides is 2. The summed E-state index contributed by atoms with van der Waals surface area (Å²) in [5.41, 5.74) is 0.954. The molecule has 1 N–H and O–H groups in total. The molecule has 2 amide bonds. The second-order valence-electron chi connectivity index (χ2n) is 6.36. The van der Waals surface area contributed by atoms with Gasteiger partial charge in [0, 0.05) is 18.2 Å². The predicted molar refractivity (Wildman–Crippen MR) is 89.7 cm³/mol. The summed E-state index contributed by atoms with van der Waals surface area (Å²) in [6, 6.07) is 5.29. The van der Waals surface area contributed by atoms with E-state index in [1.165, 1.54) is 0 Å². The topological polar surface area (TPSA) is 67.9 Å². The van der Waals surface area contributed by atoms with Crippen molar-refractivity contribution in [1.82, 2.24) is 10.2 Å². The van der Waals surface area contributed by atoms with E-state index in [-0.39, 0.29) is 30.6 Å². The van der Waals surface area contributed by atoms with E-state index in [9.17, 15) is 9.59 Å². The minimum absolute atomic E-state index is 0.0784. The normalized spacial score (nSPS) is 22.3. The Hall–Kier alpha value is -1.89. The molecule has 0 spiro atoms. The maximum atomic E-state index is 12.5. The third-order valence-corrected chi connectivity index (χ3v) is 5.84. The van der Waals surface area contributed by atoms with Crippen LogP contribution in [-0.2, 0) is 16.1 Å². The number of rotatable bonds is 4. The summed E-state index contributed by atoms with van der Waals surface area (Å²) in [5, 5.41) is 2.95. The van der Waals surface area contributed by atoms with Crippen molar-refractivity contribution in [1.29, 1.82) is 0 Å². The Morgan fingerprint density at radius 3 is 2.88 bits per heavy atom. The van der Waals surface area contributed by atoms with Crippen LogP contribution in [0.2, 0.25) is 0 Å². The van der Waals surface area contributed by atoms with Crippen molar-refractivity contribution in [2.45, 2.75) is 31.8 Å². The standard InChI is InChI=1S/C17H20N2O4S/c20-16(13-8-24-9-19(13)17(21)12-2-1-3-12)18-7-11-4-5-14-15(6-11)23-10-22-14/h4-6,12-13H,1-3,7-10H2,(H,18,20). The Labute approximate surface area is 144 Å². The molecular formula is C17H20N2O4S. The van der Waals surface area contributed by atoms with Gasteiger partial charge < -0.3 is 19.7 Å². The summed E-state index contributed by atoms with van der Waals surface area (Å²) in [4.78, 5) is 26.7. The first-order chi connectivity index (χ1) is 11.7. The second kappa shape index (κ2) is 6.55. The van der Waals surface area contributed by atoms with Crippen molar-refractivity contribution >= 4 is 23.6 Å². The van der Waals surface area contributed by atoms with Crippen molar-refractivity contribution in [3.05, 3.63) is 23.8 Å². The molecule has 0 radical (unpaired) electrons. The number of thioether (sulfide) groups is 1. The lowest BCUT2D eigenvalue weighted by Gasteiger charge is -2.31. The molecule has 0 bridgehead atoms. The van der Waals surface area contributed by atoms with E-state index in [4.69, 9.17) is 9.47 Å². The zero-order chi connectivity index (χ0) is 16.5. The fraction of sp³-hybridized carbons (Fsp3) is 0.529. The first-order valence-corrected chi connectivity index (χ1v) is 9.42. The van der Waals surface area contributed by atoms with Crippen LogP contribution in [0.3, 0.4) is 0 Å². The molecule has 1 unspecified atom stereocenters. The molecule has 0 aromatic heterocycles. The number of benzene rings is 1. The van der Waals surface area contributed by atoms with Gasteiger partial charge in [0.2, 0.25) is 18.6 Å². The highest BCUT2D eigenvalue weighted by Gasteiger charge is 2.39. The van der Waals surface area contributed by atoms with Gasteiger partial charge in [-0.1, -0.05) is 12.5 Å². The van der Waals surface area contributed by atoms with Gasteiger partial charge in [-0.05, 0) is 30.5 Å². The lowest BCUT2D eigenvalue weighted by atomic mass is 9.84. The number of nitrogens with zero attached hydrogens (tertiary/aromatic N) is 1. The van der Waals surface area contributed by atoms with Gasteiger partial charge in [0.15, 0.2) is 11.5 Å². The van der Waals surface area contributed by atoms with Crippen molar-refractivity contribution < 1.29 is 19.1 Å². The molecule has 1 aromatic rings. The predicted octanol–water partition coefficient (Wildman–Crippen LogP) is 1.73. The van der Waals surface area contributed by atoms with Gasteiger partial charge in [0.25, 0.3) is 0 Å². The van der Waals surface area contributed by atoms with Crippen LogP contribution in [0.1, 0.15) is 24.8 Å². The molecule has 1 aliphatic carbocycles. The second-order valence-corrected chi connectivity index (χ2v) is 7.36. The largest absolute Gasteiger partial charge is 0.454 e. The zero-order valence-electron chi connectivity index (χ0n) is 13.3. The van der Waals surface area contributed by atoms with Gasteiger partial charge in [-0.3, -0.25) is 9.59 Å². The summed E-state index contributed by atoms with van der Waals surface area (Å²) in [6.45, 7) is 0.658. The van der Waals surface area contributed by atoms with Gasteiger partial charge in [-0.15, -0.1) is 11.8 Å². The third-order valence-electron chi connectivity index (χ3n) is 4.83. The molecule has 1 saturated carbocycles. The number of nitrogens with one attached hydrogen (secondary N) is 1. The molecule has 1 aromatic carbocycles. The monoisotopic (exact) mass is 348 g/mol. The number of carbonyl (C=O) groups is 2. The van der Waals surface area contributed by atoms with Crippen molar-refractivity contribution in [2.75, 3.05) is 18.4 Å². The Balaban J connectivity index is 1.36. The quantitative estimate of drug-likeness (QED) is 0.898. The summed E-state index contributed by atoms with van der Waals surface area (Å²) < 4.78 is 10.6. The fourth-order valence-electron chi connectivity index (χ4n) is 3.12. The molecule has 2 heterocycles. The van der Waals surface area contributed by atoms with Gasteiger partial charge in [0.1, 0.15) is 6.04 Å². The molecule has 1 saturated heterocycles. The minimum atomic E-state index is -0.350. The molecular weight excluding hydrogens is 328 g/mol. The minimum Gasteiger partial charge on any atom is -0.454 e. The number of ether oxygens (including phenoxy) is 2. The molecule has 3 aliphatic rings. The van der Waals surface area contributed by atoms with Crippen LogP contribution in [0.4, 0.5) is 0 Å². The molecule has 7 heteroatoms. The molecule has 6 nitrogen and oxygen atoms in total. The molecule has 4 rings (SSSR count). The molecule has 2 fully saturated rings. The lowest BCUT2D eigenvalue weighted by Crippen LogP contribution is -2.49. The smallest absolute Gasteiger partial charge is 0.243 e. The molecule has 24 heavy (non-hydrogen) atoms. The summed E-state index contributed by atoms with van der Waals surface area (Å²) in [6.07, 6.45) is 3.05. The van der Waals surface area contributed by atoms with Crippen LogP contribution in [0.25, 0.3) is 0 Å². The van der Waals surface area contributed by atoms with Crippen LogP contribution in [-0.4, -0.2) is 41.2 Å². The van der Waals surface area contributed by atoms with Gasteiger partial charge >= 0.3 is 0 Å². The molecule has 1 atom stereocenters. The van der Waals surface area contributed by atoms with Crippen molar-refractivity contribution in [3.63, 3.8) is 0 Å². The maximum absolute atomic E-state index is 12.5. The highest BCUT2D eigenvalue weighted by molar-refractivity contribution is 7.99. The lowest BCUT2D eigenvalue weighted by molar-refractivity contribution is -0.143. The van der Waals surface area contributed by atoms with Crippen LogP contribution in [0.15, 0.2) is 18.2 Å². The fourth-order valence-corrected chi connectivity index (χ4v) is 4.29. The Bertz CT molecular complexity index is 662. The molecule has 128 valence electrons. The van der Waals surface area contributed by atoms with E-state index in [0.717, 1.165) is 30.6 Å². The number of hydrogen-bond donors (Lipinski definition) is 1. The average Bonchev–Trinajstić information content (AvgIpc) is 3.19. The SMILES string of the molecule is O=C(NCc1ccc2c(c1)OCO2)C1CSCN1C(=O)C1CCC1. The van der Waals surface area contributed by atoms with Gasteiger partial charge in [-0.25, -0.2) is 0 Å². The van der Waals surface area contributed by atoms with Gasteiger partial charge in [0.05, 0.1) is 5.88 Å². The van der Waals surface area contributed by atoms with Crippen LogP contribution < -0.4 is 14.8 Å². The Morgan fingerprint density at radius 1 is 1.25 bits per heavy atom. The first-order valence-electron chi connectivity index (χ1n) is 8.27. The Kier molecular flexibility index (Phi) is 4.26. The zero-order valence-corrected chi connectivity index (χ0v) is 14.1. The summed E-state index contributed by atoms with van der Waals surface area (Å²) in [7, 11) is 0. The van der Waals surface area contributed by atoms with E-state index in [1.54, 1.807) is 16.7 Å². The molecule has 2 aliphatic heterocycles. The number of carbonyl (C=O) groups excluding carboxylic acids is 2. The summed E-state index contributed by atoms with van der Waals surface area (Å²) >= 11 is 1.64. The van der Waals surface area contributed by atoms with E-state index in [2.05, 4.69) is 5.32 Å². The number of hydrogen-bond acceptors (Lipinski definition) is 5. The first kappa shape index (κ1) is 15.6. The number of fused-ring (bicyclic) bond motifs is 1. The third kappa shape index (κ3) is 2.92. The van der Waals surface area contributed by atoms with E-state index in [1.807, 2.05) is 18.2 Å². The van der Waals surface area contributed by atoms with E-state index in [0.29, 0.717) is 23.9 Å². The van der Waals surface area contributed by atoms with Crippen LogP contribution in [0.5, 0.6) is 11.5 Å². The van der Waals surface area contributed by atoms with Gasteiger partial charge in [-0.2, -0.15) is 0 Å². The maximum Gasteiger partial charge on any atom is 0.243 e. The van der Waals surface area contributed by atoms with E-state index >= 15 is 0 Å². The Morgan fingerprint density at radius 2 is 2.08 bits per heavy atom. The van der Waals surface area contributed by atoms with Crippen LogP contribution >= 0.6 is 11.8 Å². The van der Waals surface area contributed by atoms with Crippen molar-refractivity contribution in [3.8, 4) is 11.5 Å². The summed E-state index contributed by atoms with van der Waals surface area (Å²) in [5.74, 6) is 2.94. The highest BCUT2D eigenvalue weighted by atomic mass is 32.2.